The molecule has 0 aromatic heterocycles. The fourth-order valence-electron chi connectivity index (χ4n) is 2.57. The van der Waals surface area contributed by atoms with Gasteiger partial charge in [0.05, 0.1) is 26.9 Å². The zero-order valence-corrected chi connectivity index (χ0v) is 28.0. The van der Waals surface area contributed by atoms with Crippen LogP contribution in [0.25, 0.3) is 0 Å². The molecule has 2 aromatic carbocycles. The summed E-state index contributed by atoms with van der Waals surface area (Å²) in [6, 6.07) is 7.61. The molecular formula is C25H29AlCl4F4O6Si. The predicted molar refractivity (Wildman–Crippen MR) is 157 cm³/mol. The van der Waals surface area contributed by atoms with E-state index in [2.05, 4.69) is 9.47 Å². The molecular weight excluding hydrogens is 669 g/mol. The number of benzene rings is 2. The lowest BCUT2D eigenvalue weighted by atomic mass is 10.1. The highest BCUT2D eigenvalue weighted by molar-refractivity contribution is 7.54. The standard InChI is InChI=1S/C11H10F2O3.C9H12F2Si.C5H7ClO3.Al.3ClH/c1-2-16-10(15)6-9(14)7-4-3-5-8(12)11(7)13;1-12(2,3)8-6-4-5-7(10)9(8)11;1-2-9-5(8)3-4(6)7;;;;/h3-5H,2,6H2,1H3;4-6H,1-3H3;2-3H2,1H3;;3*1H/q;;;+3;;;/p-3. The average molecular weight is 698 g/mol. The Balaban J connectivity index is 0. The molecule has 0 spiro atoms. The largest absolute Gasteiger partial charge is 0.643 e. The molecule has 0 heterocycles. The van der Waals surface area contributed by atoms with Crippen LogP contribution in [-0.2, 0) is 23.9 Å². The molecule has 2 rings (SSSR count). The van der Waals surface area contributed by atoms with E-state index in [1.165, 1.54) is 6.07 Å². The van der Waals surface area contributed by atoms with Crippen LogP contribution in [-0.4, -0.2) is 55.6 Å². The number of carbonyl (C=O) groups is 4. The lowest BCUT2D eigenvalue weighted by Gasteiger charge is -2.17. The Morgan fingerprint density at radius 2 is 1.17 bits per heavy atom. The summed E-state index contributed by atoms with van der Waals surface area (Å²) in [4.78, 5) is 42.7. The number of esters is 2. The van der Waals surface area contributed by atoms with Gasteiger partial charge in [-0.3, -0.25) is 19.2 Å². The van der Waals surface area contributed by atoms with Gasteiger partial charge >= 0.3 is 23.3 Å². The molecule has 6 nitrogen and oxygen atoms in total. The van der Waals surface area contributed by atoms with Crippen molar-refractivity contribution in [3.8, 4) is 0 Å². The van der Waals surface area contributed by atoms with Gasteiger partial charge in [-0.15, -0.1) is 0 Å². The molecule has 0 radical (unpaired) electrons. The fourth-order valence-corrected chi connectivity index (χ4v) is 4.05. The van der Waals surface area contributed by atoms with Gasteiger partial charge in [-0.05, 0) is 48.8 Å². The molecule has 16 heteroatoms. The molecule has 0 saturated heterocycles. The first-order chi connectivity index (χ1) is 18.9. The topological polar surface area (TPSA) is 86.7 Å². The first-order valence-electron chi connectivity index (χ1n) is 11.7. The maximum absolute atomic E-state index is 13.2. The van der Waals surface area contributed by atoms with Gasteiger partial charge in [-0.25, -0.2) is 47.7 Å². The number of halogens is 8. The molecule has 41 heavy (non-hydrogen) atoms. The maximum Gasteiger partial charge on any atom is 0.643 e. The summed E-state index contributed by atoms with van der Waals surface area (Å²) in [5.41, 5.74) is -0.437. The quantitative estimate of drug-likeness (QED) is 0.0738. The van der Waals surface area contributed by atoms with Crippen molar-refractivity contribution in [2.45, 2.75) is 46.3 Å². The van der Waals surface area contributed by atoms with Gasteiger partial charge in [0, 0.05) is 0 Å². The average Bonchev–Trinajstić information content (AvgIpc) is 2.82. The molecule has 0 N–H and O–H groups in total. The van der Waals surface area contributed by atoms with Crippen LogP contribution in [0.15, 0.2) is 36.4 Å². The van der Waals surface area contributed by atoms with Crippen LogP contribution in [0.2, 0.25) is 19.6 Å². The minimum atomic E-state index is -1.72. The summed E-state index contributed by atoms with van der Waals surface area (Å²) < 4.78 is 60.8. The second-order valence-corrected chi connectivity index (χ2v) is 20.3. The zero-order chi connectivity index (χ0) is 32.3. The van der Waals surface area contributed by atoms with E-state index >= 15 is 0 Å². The molecule has 0 amide bonds. The third-order valence-corrected chi connectivity index (χ3v) is 6.35. The van der Waals surface area contributed by atoms with Crippen LogP contribution in [0.3, 0.4) is 0 Å². The van der Waals surface area contributed by atoms with Crippen molar-refractivity contribution in [3.05, 3.63) is 65.2 Å². The molecule has 0 aliphatic heterocycles. The zero-order valence-electron chi connectivity index (χ0n) is 22.8. The van der Waals surface area contributed by atoms with Crippen molar-refractivity contribution < 1.29 is 46.2 Å². The summed E-state index contributed by atoms with van der Waals surface area (Å²) in [7, 11) is 13.1. The number of ether oxygens (including phenoxy) is 2. The fraction of sp³-hybridized carbons (Fsp3) is 0.360. The Morgan fingerprint density at radius 3 is 1.56 bits per heavy atom. The predicted octanol–water partition coefficient (Wildman–Crippen LogP) is 7.00. The molecule has 0 bridgehead atoms. The molecule has 0 aliphatic rings. The number of hydrogen-bond donors (Lipinski definition) is 0. The number of rotatable bonds is 8. The van der Waals surface area contributed by atoms with Gasteiger partial charge < -0.3 is 9.47 Å². The lowest BCUT2D eigenvalue weighted by molar-refractivity contribution is -0.144. The van der Waals surface area contributed by atoms with Crippen molar-refractivity contribution in [2.75, 3.05) is 13.2 Å². The smallest absolute Gasteiger partial charge is 0.466 e. The van der Waals surface area contributed by atoms with E-state index in [0.717, 1.165) is 18.2 Å². The minimum Gasteiger partial charge on any atom is -0.466 e. The number of ketones is 1. The molecule has 228 valence electrons. The lowest BCUT2D eigenvalue weighted by Crippen LogP contribution is -2.40. The third-order valence-electron chi connectivity index (χ3n) is 4.21. The van der Waals surface area contributed by atoms with Gasteiger partial charge in [0.1, 0.15) is 12.8 Å². The van der Waals surface area contributed by atoms with Crippen LogP contribution in [0, 0.1) is 23.3 Å². The van der Waals surface area contributed by atoms with E-state index in [-0.39, 0.29) is 19.6 Å². The van der Waals surface area contributed by atoms with Crippen LogP contribution in [0.4, 0.5) is 17.6 Å². The molecule has 0 fully saturated rings. The SMILES string of the molecule is CCOC(=O)CC(=O)Cl.CCOC(=O)CC(=O)c1cccc(F)c1F.C[Si](C)(C)c1cccc(F)c1F.[Cl][Al]([Cl])[Cl]. The second-order valence-electron chi connectivity index (χ2n) is 8.44. The molecule has 0 saturated carbocycles. The summed E-state index contributed by atoms with van der Waals surface area (Å²) in [6.45, 7) is 9.64. The first-order valence-corrected chi connectivity index (χ1v) is 20.8. The van der Waals surface area contributed by atoms with E-state index in [9.17, 15) is 36.7 Å². The highest BCUT2D eigenvalue weighted by atomic mass is 35.8. The Bertz CT molecular complexity index is 1150. The normalized spacial score (nSPS) is 9.88. The Labute approximate surface area is 259 Å². The van der Waals surface area contributed by atoms with Crippen molar-refractivity contribution in [1.82, 2.24) is 0 Å². The van der Waals surface area contributed by atoms with Crippen LogP contribution in [0.1, 0.15) is 37.0 Å². The Kier molecular flexibility index (Phi) is 22.2. The summed E-state index contributed by atoms with van der Waals surface area (Å²) in [5.74, 6) is -5.89. The van der Waals surface area contributed by atoms with Gasteiger partial charge in [-0.2, -0.15) is 0 Å². The number of Topliss-reactive ketones (excluding diaryl/α,β-unsaturated/α-hetero) is 1. The summed E-state index contributed by atoms with van der Waals surface area (Å²) in [6.07, 6.45) is -0.927. The monoisotopic (exact) mass is 696 g/mol. The van der Waals surface area contributed by atoms with Crippen LogP contribution >= 0.6 is 41.7 Å². The Morgan fingerprint density at radius 1 is 0.756 bits per heavy atom. The maximum atomic E-state index is 13.2. The summed E-state index contributed by atoms with van der Waals surface area (Å²) >= 11 is 3.15. The highest BCUT2D eigenvalue weighted by Gasteiger charge is 2.22. The second kappa shape index (κ2) is 22.0. The van der Waals surface area contributed by atoms with Gasteiger partial charge in [0.2, 0.25) is 5.24 Å². The van der Waals surface area contributed by atoms with Crippen LogP contribution in [0.5, 0.6) is 0 Å². The minimum absolute atomic E-state index is 0.137. The third kappa shape index (κ3) is 20.0. The number of carbonyl (C=O) groups excluding carboxylic acids is 4. The van der Waals surface area contributed by atoms with Crippen molar-refractivity contribution >= 4 is 89.4 Å². The van der Waals surface area contributed by atoms with E-state index in [1.807, 2.05) is 19.6 Å². The molecule has 0 unspecified atom stereocenters. The van der Waals surface area contributed by atoms with Crippen LogP contribution < -0.4 is 5.19 Å². The van der Waals surface area contributed by atoms with E-state index in [1.54, 1.807) is 26.0 Å². The van der Waals surface area contributed by atoms with E-state index in [0.29, 0.717) is 5.19 Å². The first kappa shape index (κ1) is 41.5. The molecule has 2 aromatic rings. The number of hydrogen-bond acceptors (Lipinski definition) is 6. The molecule has 0 aliphatic carbocycles. The van der Waals surface area contributed by atoms with Gasteiger partial charge in [0.25, 0.3) is 0 Å². The van der Waals surface area contributed by atoms with Gasteiger partial charge in [0.15, 0.2) is 29.1 Å². The van der Waals surface area contributed by atoms with E-state index in [4.69, 9.17) is 41.7 Å². The van der Waals surface area contributed by atoms with Gasteiger partial charge in [-0.1, -0.05) is 37.8 Å². The highest BCUT2D eigenvalue weighted by Crippen LogP contribution is 2.13. The van der Waals surface area contributed by atoms with Crippen molar-refractivity contribution in [1.29, 1.82) is 0 Å². The van der Waals surface area contributed by atoms with E-state index < -0.39 is 77.7 Å². The molecule has 0 atom stereocenters. The van der Waals surface area contributed by atoms with Crippen molar-refractivity contribution in [3.63, 3.8) is 0 Å². The van der Waals surface area contributed by atoms with Crippen molar-refractivity contribution in [2.24, 2.45) is 0 Å². The summed E-state index contributed by atoms with van der Waals surface area (Å²) in [5, 5.41) is -0.129. The Hall–Kier alpha value is -1.65.